The quantitative estimate of drug-likeness (QED) is 0.157. The molecule has 0 saturated carbocycles. The van der Waals surface area contributed by atoms with E-state index < -0.39 is 0 Å². The molecule has 10 aromatic rings. The predicted molar refractivity (Wildman–Crippen MR) is 278 cm³/mol. The number of benzene rings is 7. The van der Waals surface area contributed by atoms with Crippen molar-refractivity contribution < 1.29 is 5.11 Å². The summed E-state index contributed by atoms with van der Waals surface area (Å²) in [7, 11) is 0. The molecule has 0 fully saturated rings. The van der Waals surface area contributed by atoms with Crippen LogP contribution in [0.1, 0.15) is 58.2 Å². The number of aromatic hydroxyl groups is 1. The minimum atomic E-state index is -0.343. The minimum absolute atomic E-state index is 0.202. The fraction of sp³-hybridized carbons (Fsp3) is 0.145. The standard InChI is InChI=1S/C62H54N4O/c1-61(2,3)49-38-52(59(67)54(39-49)62(4,5)6)60-65-58-56(66(60)40-53-50(43-24-15-9-16-25-43)28-19-29-51(53)44-26-17-10-18-27-44)31-33-64-57(58)48-35-46(42-22-13-8-14-23-42)34-47(36-48)55-37-45(30-32-63-55)41-20-11-7-12-21-41/h7-39,67H,40H2,1-6H3. The molecule has 67 heavy (non-hydrogen) atoms. The van der Waals surface area contributed by atoms with E-state index in [0.717, 1.165) is 94.7 Å². The van der Waals surface area contributed by atoms with E-state index in [0.29, 0.717) is 17.9 Å². The average Bonchev–Trinajstić information content (AvgIpc) is 3.72. The molecule has 0 atom stereocenters. The van der Waals surface area contributed by atoms with Gasteiger partial charge >= 0.3 is 0 Å². The summed E-state index contributed by atoms with van der Waals surface area (Å²) in [5, 5.41) is 12.6. The molecule has 0 aliphatic rings. The molecule has 7 aromatic carbocycles. The molecule has 0 amide bonds. The maximum atomic E-state index is 12.6. The molecular weight excluding hydrogens is 817 g/mol. The molecule has 0 aliphatic carbocycles. The third kappa shape index (κ3) is 8.57. The predicted octanol–water partition coefficient (Wildman–Crippen LogP) is 15.8. The highest BCUT2D eigenvalue weighted by Crippen LogP contribution is 2.45. The van der Waals surface area contributed by atoms with Gasteiger partial charge in [-0.25, -0.2) is 4.98 Å². The first-order valence-corrected chi connectivity index (χ1v) is 23.1. The van der Waals surface area contributed by atoms with E-state index in [1.165, 1.54) is 0 Å². The second-order valence-corrected chi connectivity index (χ2v) is 19.5. The van der Waals surface area contributed by atoms with Crippen LogP contribution in [0.2, 0.25) is 0 Å². The smallest absolute Gasteiger partial charge is 0.145 e. The van der Waals surface area contributed by atoms with Crippen molar-refractivity contribution in [2.45, 2.75) is 58.9 Å². The molecular formula is C62H54N4O. The Morgan fingerprint density at radius 3 is 1.57 bits per heavy atom. The van der Waals surface area contributed by atoms with Crippen molar-refractivity contribution >= 4 is 11.0 Å². The number of hydrogen-bond donors (Lipinski definition) is 1. The minimum Gasteiger partial charge on any atom is -0.507 e. The number of rotatable bonds is 9. The van der Waals surface area contributed by atoms with Crippen LogP contribution >= 0.6 is 0 Å². The maximum Gasteiger partial charge on any atom is 0.145 e. The van der Waals surface area contributed by atoms with Crippen LogP contribution in [0, 0.1) is 0 Å². The first kappa shape index (κ1) is 43.0. The van der Waals surface area contributed by atoms with Gasteiger partial charge in [-0.2, -0.15) is 0 Å². The summed E-state index contributed by atoms with van der Waals surface area (Å²) >= 11 is 0. The van der Waals surface area contributed by atoms with Gasteiger partial charge in [0, 0.05) is 29.1 Å². The van der Waals surface area contributed by atoms with Crippen molar-refractivity contribution in [2.24, 2.45) is 0 Å². The number of phenols is 1. The lowest BCUT2D eigenvalue weighted by Crippen LogP contribution is -2.17. The second kappa shape index (κ2) is 17.5. The molecule has 1 N–H and O–H groups in total. The first-order valence-electron chi connectivity index (χ1n) is 23.1. The number of aromatic nitrogens is 4. The molecule has 0 spiro atoms. The van der Waals surface area contributed by atoms with E-state index in [9.17, 15) is 5.11 Å². The van der Waals surface area contributed by atoms with Gasteiger partial charge in [0.05, 0.1) is 29.0 Å². The SMILES string of the molecule is CC(C)(C)c1cc(-c2nc3c(-c4cc(-c5ccccc5)cc(-c5cc(-c6ccccc6)ccn5)c4)nccc3n2Cc2c(-c3ccccc3)cccc2-c2ccccc2)c(O)c(C(C)(C)C)c1. The number of phenolic OH excluding ortho intramolecular Hbond substituents is 1. The molecule has 0 bridgehead atoms. The first-order chi connectivity index (χ1) is 32.4. The molecule has 3 heterocycles. The van der Waals surface area contributed by atoms with E-state index in [1.807, 2.05) is 24.5 Å². The van der Waals surface area contributed by atoms with Gasteiger partial charge in [0.15, 0.2) is 0 Å². The molecule has 0 aliphatic heterocycles. The Morgan fingerprint density at radius 1 is 0.448 bits per heavy atom. The summed E-state index contributed by atoms with van der Waals surface area (Å²) in [6.07, 6.45) is 3.79. The summed E-state index contributed by atoms with van der Waals surface area (Å²) in [5.74, 6) is 0.917. The van der Waals surface area contributed by atoms with Crippen LogP contribution in [0.4, 0.5) is 0 Å². The maximum absolute atomic E-state index is 12.6. The Balaban J connectivity index is 1.26. The fourth-order valence-corrected chi connectivity index (χ4v) is 9.24. The van der Waals surface area contributed by atoms with Gasteiger partial charge in [0.1, 0.15) is 17.1 Å². The highest BCUT2D eigenvalue weighted by Gasteiger charge is 2.29. The van der Waals surface area contributed by atoms with Crippen molar-refractivity contribution in [1.29, 1.82) is 0 Å². The molecule has 0 saturated heterocycles. The highest BCUT2D eigenvalue weighted by molar-refractivity contribution is 5.95. The third-order valence-electron chi connectivity index (χ3n) is 12.8. The molecule has 0 unspecified atom stereocenters. The van der Waals surface area contributed by atoms with Crippen LogP contribution < -0.4 is 0 Å². The van der Waals surface area contributed by atoms with E-state index in [-0.39, 0.29) is 16.6 Å². The highest BCUT2D eigenvalue weighted by atomic mass is 16.3. The molecule has 5 nitrogen and oxygen atoms in total. The van der Waals surface area contributed by atoms with Crippen molar-refractivity contribution in [3.05, 3.63) is 217 Å². The molecule has 5 heteroatoms. The zero-order valence-electron chi connectivity index (χ0n) is 39.0. The summed E-state index contributed by atoms with van der Waals surface area (Å²) in [4.78, 5) is 15.8. The molecule has 10 rings (SSSR count). The van der Waals surface area contributed by atoms with Crippen LogP contribution in [0.25, 0.3) is 89.4 Å². The van der Waals surface area contributed by atoms with Crippen molar-refractivity contribution in [3.63, 3.8) is 0 Å². The lowest BCUT2D eigenvalue weighted by molar-refractivity contribution is 0.446. The Hall–Kier alpha value is -7.89. The Morgan fingerprint density at radius 2 is 0.985 bits per heavy atom. The third-order valence-corrected chi connectivity index (χ3v) is 12.8. The lowest BCUT2D eigenvalue weighted by Gasteiger charge is -2.27. The second-order valence-electron chi connectivity index (χ2n) is 19.5. The summed E-state index contributed by atoms with van der Waals surface area (Å²) in [5.41, 5.74) is 17.4. The van der Waals surface area contributed by atoms with E-state index in [1.54, 1.807) is 0 Å². The van der Waals surface area contributed by atoms with Crippen LogP contribution in [-0.4, -0.2) is 24.6 Å². The van der Waals surface area contributed by atoms with Gasteiger partial charge < -0.3 is 9.67 Å². The normalized spacial score (nSPS) is 11.9. The van der Waals surface area contributed by atoms with Gasteiger partial charge in [0.2, 0.25) is 0 Å². The lowest BCUT2D eigenvalue weighted by atomic mass is 9.79. The van der Waals surface area contributed by atoms with E-state index in [2.05, 4.69) is 222 Å². The van der Waals surface area contributed by atoms with E-state index in [4.69, 9.17) is 15.0 Å². The largest absolute Gasteiger partial charge is 0.507 e. The van der Waals surface area contributed by atoms with Gasteiger partial charge in [-0.15, -0.1) is 0 Å². The van der Waals surface area contributed by atoms with Crippen LogP contribution in [-0.2, 0) is 17.4 Å². The fourth-order valence-electron chi connectivity index (χ4n) is 9.24. The van der Waals surface area contributed by atoms with Crippen molar-refractivity contribution in [1.82, 2.24) is 19.5 Å². The summed E-state index contributed by atoms with van der Waals surface area (Å²) < 4.78 is 2.30. The Bertz CT molecular complexity index is 3320. The van der Waals surface area contributed by atoms with Gasteiger partial charge in [-0.05, 0) is 109 Å². The Kier molecular flexibility index (Phi) is 11.2. The Labute approximate surface area is 394 Å². The molecule has 3 aromatic heterocycles. The van der Waals surface area contributed by atoms with Crippen molar-refractivity contribution in [2.75, 3.05) is 0 Å². The number of imidazole rings is 1. The van der Waals surface area contributed by atoms with Crippen LogP contribution in [0.5, 0.6) is 5.75 Å². The average molecular weight is 871 g/mol. The summed E-state index contributed by atoms with van der Waals surface area (Å²) in [6, 6.07) is 66.0. The molecule has 328 valence electrons. The zero-order valence-corrected chi connectivity index (χ0v) is 39.0. The van der Waals surface area contributed by atoms with Crippen LogP contribution in [0.3, 0.4) is 0 Å². The van der Waals surface area contributed by atoms with Gasteiger partial charge in [-0.1, -0.05) is 187 Å². The number of nitrogens with zero attached hydrogens (tertiary/aromatic N) is 4. The zero-order chi connectivity index (χ0) is 46.3. The van der Waals surface area contributed by atoms with Crippen molar-refractivity contribution in [3.8, 4) is 84.2 Å². The van der Waals surface area contributed by atoms with E-state index >= 15 is 0 Å². The number of pyridine rings is 2. The molecule has 0 radical (unpaired) electrons. The van der Waals surface area contributed by atoms with Gasteiger partial charge in [-0.3, -0.25) is 9.97 Å². The monoisotopic (exact) mass is 870 g/mol. The van der Waals surface area contributed by atoms with Crippen LogP contribution in [0.15, 0.2) is 200 Å². The topological polar surface area (TPSA) is 63.8 Å². The number of hydrogen-bond acceptors (Lipinski definition) is 4. The summed E-state index contributed by atoms with van der Waals surface area (Å²) in [6.45, 7) is 13.6. The number of fused-ring (bicyclic) bond motifs is 1. The van der Waals surface area contributed by atoms with Gasteiger partial charge in [0.25, 0.3) is 0 Å².